The smallest absolute Gasteiger partial charge is 0.185 e. The first kappa shape index (κ1) is 14.5. The third kappa shape index (κ3) is 4.03. The van der Waals surface area contributed by atoms with Gasteiger partial charge in [-0.1, -0.05) is 19.9 Å². The lowest BCUT2D eigenvalue weighted by molar-refractivity contribution is 0.591. The molecule has 19 heavy (non-hydrogen) atoms. The zero-order valence-corrected chi connectivity index (χ0v) is 13.6. The summed E-state index contributed by atoms with van der Waals surface area (Å²) in [7, 11) is 2.11. The van der Waals surface area contributed by atoms with Gasteiger partial charge in [-0.3, -0.25) is 0 Å². The second-order valence-corrected chi connectivity index (χ2v) is 7.07. The summed E-state index contributed by atoms with van der Waals surface area (Å²) in [5.74, 6) is 0. The maximum absolute atomic E-state index is 4.68. The molecule has 0 aliphatic rings. The van der Waals surface area contributed by atoms with Crippen LogP contribution in [0.15, 0.2) is 17.5 Å². The molecule has 0 aromatic carbocycles. The molecule has 0 aliphatic carbocycles. The minimum Gasteiger partial charge on any atom is -0.346 e. The summed E-state index contributed by atoms with van der Waals surface area (Å²) in [5.41, 5.74) is 1.14. The molecule has 0 bridgehead atoms. The molecular formula is C14H21N3S2. The lowest BCUT2D eigenvalue weighted by Gasteiger charge is -2.14. The van der Waals surface area contributed by atoms with Crippen LogP contribution >= 0.6 is 22.7 Å². The summed E-state index contributed by atoms with van der Waals surface area (Å²) in [6, 6.07) is 4.77. The van der Waals surface area contributed by atoms with Crippen LogP contribution in [0.5, 0.6) is 0 Å². The Labute approximate surface area is 123 Å². The third-order valence-corrected chi connectivity index (χ3v) is 4.98. The minimum atomic E-state index is 0.508. The molecule has 0 unspecified atom stereocenters. The Kier molecular flexibility index (Phi) is 4.96. The highest BCUT2D eigenvalue weighted by Crippen LogP contribution is 2.27. The van der Waals surface area contributed by atoms with Crippen LogP contribution in [0.3, 0.4) is 0 Å². The molecule has 1 N–H and O–H groups in total. The lowest BCUT2D eigenvalue weighted by Crippen LogP contribution is -2.21. The first-order valence-electron chi connectivity index (χ1n) is 6.49. The summed E-state index contributed by atoms with van der Waals surface area (Å²) in [6.07, 6.45) is 0. The number of anilines is 1. The second kappa shape index (κ2) is 6.50. The van der Waals surface area contributed by atoms with Crippen molar-refractivity contribution < 1.29 is 0 Å². The summed E-state index contributed by atoms with van der Waals surface area (Å²) in [5, 5.41) is 6.68. The number of aryl methyl sites for hydroxylation is 1. The van der Waals surface area contributed by atoms with Crippen molar-refractivity contribution in [2.75, 3.05) is 11.9 Å². The minimum absolute atomic E-state index is 0.508. The highest BCUT2D eigenvalue weighted by Gasteiger charge is 2.12. The van der Waals surface area contributed by atoms with Gasteiger partial charge in [0.25, 0.3) is 0 Å². The van der Waals surface area contributed by atoms with Crippen LogP contribution in [0.4, 0.5) is 5.13 Å². The van der Waals surface area contributed by atoms with Gasteiger partial charge in [-0.15, -0.1) is 22.7 Å². The van der Waals surface area contributed by atoms with Crippen molar-refractivity contribution in [3.63, 3.8) is 0 Å². The van der Waals surface area contributed by atoms with Crippen LogP contribution in [0.1, 0.15) is 29.3 Å². The van der Waals surface area contributed by atoms with E-state index in [1.54, 1.807) is 22.7 Å². The molecule has 104 valence electrons. The molecule has 5 heteroatoms. The molecule has 2 heterocycles. The molecule has 0 aliphatic heterocycles. The molecule has 0 saturated carbocycles. The fraction of sp³-hybridized carbons (Fsp3) is 0.500. The van der Waals surface area contributed by atoms with E-state index in [0.717, 1.165) is 23.9 Å². The maximum Gasteiger partial charge on any atom is 0.185 e. The average molecular weight is 295 g/mol. The Balaban J connectivity index is 2.02. The molecule has 0 spiro atoms. The molecule has 0 saturated heterocycles. The van der Waals surface area contributed by atoms with Crippen molar-refractivity contribution in [3.8, 4) is 0 Å². The monoisotopic (exact) mass is 295 g/mol. The molecule has 0 radical (unpaired) electrons. The Bertz CT molecular complexity index is 503. The first-order chi connectivity index (χ1) is 9.06. The Morgan fingerprint density at radius 1 is 1.42 bits per heavy atom. The van der Waals surface area contributed by atoms with E-state index in [-0.39, 0.29) is 0 Å². The fourth-order valence-corrected chi connectivity index (χ4v) is 3.47. The summed E-state index contributed by atoms with van der Waals surface area (Å²) >= 11 is 3.58. The second-order valence-electron chi connectivity index (χ2n) is 4.98. The molecule has 3 nitrogen and oxygen atoms in total. The summed E-state index contributed by atoms with van der Waals surface area (Å²) in [6.45, 7) is 8.27. The van der Waals surface area contributed by atoms with E-state index in [4.69, 9.17) is 0 Å². The first-order valence-corrected chi connectivity index (χ1v) is 8.19. The van der Waals surface area contributed by atoms with E-state index < -0.39 is 0 Å². The van der Waals surface area contributed by atoms with Gasteiger partial charge in [0.2, 0.25) is 0 Å². The van der Waals surface area contributed by atoms with Gasteiger partial charge in [-0.05, 0) is 18.4 Å². The Morgan fingerprint density at radius 3 is 2.84 bits per heavy atom. The fourth-order valence-electron chi connectivity index (χ4n) is 1.74. The van der Waals surface area contributed by atoms with Crippen molar-refractivity contribution in [2.24, 2.45) is 0 Å². The highest BCUT2D eigenvalue weighted by molar-refractivity contribution is 7.15. The van der Waals surface area contributed by atoms with Crippen LogP contribution in [0.2, 0.25) is 0 Å². The largest absolute Gasteiger partial charge is 0.346 e. The topological polar surface area (TPSA) is 28.2 Å². The molecule has 0 amide bonds. The van der Waals surface area contributed by atoms with Crippen LogP contribution in [0.25, 0.3) is 0 Å². The van der Waals surface area contributed by atoms with E-state index in [1.165, 1.54) is 9.75 Å². The van der Waals surface area contributed by atoms with Gasteiger partial charge >= 0.3 is 0 Å². The van der Waals surface area contributed by atoms with Crippen LogP contribution in [0, 0.1) is 6.92 Å². The number of rotatable bonds is 6. The summed E-state index contributed by atoms with van der Waals surface area (Å²) < 4.78 is 0. The summed E-state index contributed by atoms with van der Waals surface area (Å²) in [4.78, 5) is 9.61. The van der Waals surface area contributed by atoms with Crippen molar-refractivity contribution in [3.05, 3.63) is 33.0 Å². The van der Waals surface area contributed by atoms with Gasteiger partial charge in [0.05, 0.1) is 12.2 Å². The van der Waals surface area contributed by atoms with E-state index in [2.05, 4.69) is 60.5 Å². The average Bonchev–Trinajstić information content (AvgIpc) is 2.96. The number of nitrogens with one attached hydrogen (secondary N) is 1. The van der Waals surface area contributed by atoms with Crippen molar-refractivity contribution in [1.82, 2.24) is 10.3 Å². The SMILES string of the molecule is Cc1nc(N(C)Cc2cccs2)sc1CNC(C)C. The van der Waals surface area contributed by atoms with Crippen molar-refractivity contribution >= 4 is 27.8 Å². The van der Waals surface area contributed by atoms with Crippen LogP contribution in [-0.4, -0.2) is 18.1 Å². The number of aromatic nitrogens is 1. The van der Waals surface area contributed by atoms with E-state index in [0.29, 0.717) is 6.04 Å². The molecule has 2 rings (SSSR count). The number of thiophene rings is 1. The zero-order chi connectivity index (χ0) is 13.8. The zero-order valence-electron chi connectivity index (χ0n) is 11.9. The predicted molar refractivity (Wildman–Crippen MR) is 85.3 cm³/mol. The van der Waals surface area contributed by atoms with Crippen molar-refractivity contribution in [1.29, 1.82) is 0 Å². The van der Waals surface area contributed by atoms with Crippen LogP contribution < -0.4 is 10.2 Å². The lowest BCUT2D eigenvalue weighted by atomic mass is 10.3. The molecule has 2 aromatic rings. The van der Waals surface area contributed by atoms with Crippen LogP contribution in [-0.2, 0) is 13.1 Å². The van der Waals surface area contributed by atoms with Gasteiger partial charge in [0.1, 0.15) is 0 Å². The normalized spacial score (nSPS) is 11.2. The van der Waals surface area contributed by atoms with Gasteiger partial charge in [-0.2, -0.15) is 0 Å². The number of nitrogens with zero attached hydrogens (tertiary/aromatic N) is 2. The third-order valence-electron chi connectivity index (χ3n) is 2.85. The standard InChI is InChI=1S/C14H21N3S2/c1-10(2)15-8-13-11(3)16-14(19-13)17(4)9-12-6-5-7-18-12/h5-7,10,15H,8-9H2,1-4H3. The van der Waals surface area contributed by atoms with E-state index in [9.17, 15) is 0 Å². The van der Waals surface area contributed by atoms with Gasteiger partial charge in [0, 0.05) is 29.4 Å². The van der Waals surface area contributed by atoms with Gasteiger partial charge in [-0.25, -0.2) is 4.98 Å². The van der Waals surface area contributed by atoms with Gasteiger partial charge in [0.15, 0.2) is 5.13 Å². The molecule has 2 aromatic heterocycles. The number of thiazole rings is 1. The highest BCUT2D eigenvalue weighted by atomic mass is 32.1. The predicted octanol–water partition coefficient (Wildman–Crippen LogP) is 3.65. The number of hydrogen-bond donors (Lipinski definition) is 1. The number of hydrogen-bond acceptors (Lipinski definition) is 5. The maximum atomic E-state index is 4.68. The molecule has 0 atom stereocenters. The quantitative estimate of drug-likeness (QED) is 0.882. The molecular weight excluding hydrogens is 274 g/mol. The Hall–Kier alpha value is -0.910. The van der Waals surface area contributed by atoms with Crippen molar-refractivity contribution in [2.45, 2.75) is 39.9 Å². The van der Waals surface area contributed by atoms with E-state index in [1.807, 2.05) is 0 Å². The van der Waals surface area contributed by atoms with Gasteiger partial charge < -0.3 is 10.2 Å². The Morgan fingerprint density at radius 2 is 2.21 bits per heavy atom. The van der Waals surface area contributed by atoms with E-state index >= 15 is 0 Å². The molecule has 0 fully saturated rings.